The number of hydrogen-bond donors (Lipinski definition) is 1. The number of rotatable bonds is 6. The van der Waals surface area contributed by atoms with Crippen molar-refractivity contribution < 1.29 is 24.2 Å². The number of methoxy groups -OCH3 is 1. The first-order chi connectivity index (χ1) is 9.41. The normalized spacial score (nSPS) is 18.9. The molecule has 0 spiro atoms. The predicted molar refractivity (Wildman–Crippen MR) is 72.0 cm³/mol. The highest BCUT2D eigenvalue weighted by Crippen LogP contribution is 2.33. The number of carboxylic acid groups (broad SMARTS) is 1. The molecule has 1 rings (SSSR count). The number of carbonyl (C=O) groups is 3. The third-order valence-electron chi connectivity index (χ3n) is 4.34. The van der Waals surface area contributed by atoms with Gasteiger partial charge in [0, 0.05) is 13.0 Å². The second-order valence-corrected chi connectivity index (χ2v) is 5.24. The van der Waals surface area contributed by atoms with Crippen LogP contribution in [0.4, 0.5) is 0 Å². The quantitative estimate of drug-likeness (QED) is 0.746. The third-order valence-corrected chi connectivity index (χ3v) is 4.34. The van der Waals surface area contributed by atoms with E-state index in [-0.39, 0.29) is 12.3 Å². The lowest BCUT2D eigenvalue weighted by Gasteiger charge is -2.30. The number of ether oxygens (including phenoxy) is 1. The minimum absolute atomic E-state index is 0.0666. The van der Waals surface area contributed by atoms with Gasteiger partial charge in [-0.15, -0.1) is 0 Å². The molecule has 6 nitrogen and oxygen atoms in total. The molecule has 6 heteroatoms. The lowest BCUT2D eigenvalue weighted by atomic mass is 9.79. The van der Waals surface area contributed by atoms with E-state index >= 15 is 0 Å². The third kappa shape index (κ3) is 3.11. The van der Waals surface area contributed by atoms with Crippen LogP contribution in [0.25, 0.3) is 0 Å². The number of aliphatic carboxylic acids is 1. The van der Waals surface area contributed by atoms with Gasteiger partial charge in [0.15, 0.2) is 0 Å². The van der Waals surface area contributed by atoms with E-state index in [1.807, 2.05) is 0 Å². The molecule has 0 radical (unpaired) electrons. The van der Waals surface area contributed by atoms with Crippen LogP contribution >= 0.6 is 0 Å². The Balaban J connectivity index is 2.84. The van der Waals surface area contributed by atoms with E-state index in [0.717, 1.165) is 6.42 Å². The summed E-state index contributed by atoms with van der Waals surface area (Å²) in [5, 5.41) is 9.37. The fraction of sp³-hybridized carbons (Fsp3) is 0.786. The van der Waals surface area contributed by atoms with Gasteiger partial charge in [0.05, 0.1) is 12.5 Å². The van der Waals surface area contributed by atoms with E-state index in [9.17, 15) is 19.5 Å². The van der Waals surface area contributed by atoms with Crippen LogP contribution in [-0.4, -0.2) is 47.5 Å². The van der Waals surface area contributed by atoms with Crippen LogP contribution in [0.15, 0.2) is 0 Å². The van der Waals surface area contributed by atoms with Crippen molar-refractivity contribution in [2.75, 3.05) is 13.7 Å². The molecular formula is C14H23NO5. The van der Waals surface area contributed by atoms with Gasteiger partial charge >= 0.3 is 11.9 Å². The number of carbonyl (C=O) groups excluding carboxylic acids is 2. The lowest BCUT2D eigenvalue weighted by Crippen LogP contribution is -2.44. The Morgan fingerprint density at radius 1 is 1.30 bits per heavy atom. The minimum Gasteiger partial charge on any atom is -0.481 e. The molecule has 0 aromatic rings. The number of carboxylic acids is 1. The van der Waals surface area contributed by atoms with Crippen molar-refractivity contribution in [3.8, 4) is 0 Å². The van der Waals surface area contributed by atoms with Gasteiger partial charge in [-0.25, -0.2) is 4.79 Å². The summed E-state index contributed by atoms with van der Waals surface area (Å²) in [6.07, 6.45) is 2.03. The number of hydrogen-bond acceptors (Lipinski definition) is 4. The highest BCUT2D eigenvalue weighted by molar-refractivity contribution is 5.88. The summed E-state index contributed by atoms with van der Waals surface area (Å²) >= 11 is 0. The Labute approximate surface area is 119 Å². The van der Waals surface area contributed by atoms with Crippen LogP contribution in [0, 0.1) is 5.41 Å². The van der Waals surface area contributed by atoms with Crippen LogP contribution in [0.5, 0.6) is 0 Å². The van der Waals surface area contributed by atoms with Gasteiger partial charge in [-0.3, -0.25) is 9.59 Å². The first kappa shape index (κ1) is 16.5. The minimum atomic E-state index is -1.04. The van der Waals surface area contributed by atoms with Gasteiger partial charge in [0.1, 0.15) is 6.04 Å². The summed E-state index contributed by atoms with van der Waals surface area (Å²) in [4.78, 5) is 36.9. The standard InChI is InChI=1S/C14H23NO5/c1-4-14(5-2,13(18)19)9-11(16)15-8-6-7-10(15)12(17)20-3/h10H,4-9H2,1-3H3,(H,18,19). The molecule has 1 heterocycles. The number of likely N-dealkylation sites (tertiary alicyclic amines) is 1. The van der Waals surface area contributed by atoms with E-state index in [1.165, 1.54) is 12.0 Å². The maximum Gasteiger partial charge on any atom is 0.328 e. The summed E-state index contributed by atoms with van der Waals surface area (Å²) in [6.45, 7) is 4.03. The molecule has 0 aromatic heterocycles. The van der Waals surface area contributed by atoms with Crippen LogP contribution in [0.1, 0.15) is 46.0 Å². The second-order valence-electron chi connectivity index (χ2n) is 5.24. The molecule has 1 aliphatic rings. The average Bonchev–Trinajstić information content (AvgIpc) is 2.92. The number of esters is 1. The van der Waals surface area contributed by atoms with E-state index in [4.69, 9.17) is 4.74 Å². The topological polar surface area (TPSA) is 83.9 Å². The molecule has 0 bridgehead atoms. The predicted octanol–water partition coefficient (Wildman–Crippen LogP) is 1.43. The Bertz CT molecular complexity index is 389. The van der Waals surface area contributed by atoms with Crippen molar-refractivity contribution >= 4 is 17.8 Å². The summed E-state index contributed by atoms with van der Waals surface area (Å²) in [7, 11) is 1.29. The monoisotopic (exact) mass is 285 g/mol. The summed E-state index contributed by atoms with van der Waals surface area (Å²) < 4.78 is 4.70. The van der Waals surface area contributed by atoms with Gasteiger partial charge in [-0.05, 0) is 25.7 Å². The van der Waals surface area contributed by atoms with Crippen molar-refractivity contribution in [2.45, 2.75) is 52.0 Å². The molecule has 1 aliphatic heterocycles. The SMILES string of the molecule is CCC(CC)(CC(=O)N1CCCC1C(=O)OC)C(=O)O. The Morgan fingerprint density at radius 3 is 2.35 bits per heavy atom. The van der Waals surface area contributed by atoms with Crippen LogP contribution in [0.3, 0.4) is 0 Å². The highest BCUT2D eigenvalue weighted by atomic mass is 16.5. The Morgan fingerprint density at radius 2 is 1.90 bits per heavy atom. The molecule has 0 aromatic carbocycles. The number of nitrogens with zero attached hydrogens (tertiary/aromatic N) is 1. The van der Waals surface area contributed by atoms with Crippen molar-refractivity contribution in [1.82, 2.24) is 4.90 Å². The molecular weight excluding hydrogens is 262 g/mol. The van der Waals surface area contributed by atoms with Crippen LogP contribution < -0.4 is 0 Å². The van der Waals surface area contributed by atoms with E-state index < -0.39 is 23.4 Å². The number of amides is 1. The highest BCUT2D eigenvalue weighted by Gasteiger charge is 2.42. The van der Waals surface area contributed by atoms with Crippen LogP contribution in [-0.2, 0) is 19.1 Å². The van der Waals surface area contributed by atoms with Gasteiger partial charge in [-0.2, -0.15) is 0 Å². The van der Waals surface area contributed by atoms with Gasteiger partial charge in [0.25, 0.3) is 0 Å². The fourth-order valence-electron chi connectivity index (χ4n) is 2.72. The molecule has 1 N–H and O–H groups in total. The van der Waals surface area contributed by atoms with Crippen molar-refractivity contribution in [3.63, 3.8) is 0 Å². The van der Waals surface area contributed by atoms with Crippen LogP contribution in [0.2, 0.25) is 0 Å². The lowest BCUT2D eigenvalue weighted by molar-refractivity contribution is -0.157. The molecule has 1 amide bonds. The molecule has 114 valence electrons. The maximum absolute atomic E-state index is 12.4. The Kier molecular flexibility index (Phi) is 5.53. The second kappa shape index (κ2) is 6.72. The average molecular weight is 285 g/mol. The smallest absolute Gasteiger partial charge is 0.328 e. The fourth-order valence-corrected chi connectivity index (χ4v) is 2.72. The van der Waals surface area contributed by atoms with Crippen molar-refractivity contribution in [2.24, 2.45) is 5.41 Å². The molecule has 1 saturated heterocycles. The Hall–Kier alpha value is -1.59. The molecule has 20 heavy (non-hydrogen) atoms. The largest absolute Gasteiger partial charge is 0.481 e. The summed E-state index contributed by atoms with van der Waals surface area (Å²) in [6, 6.07) is -0.562. The molecule has 0 saturated carbocycles. The first-order valence-electron chi connectivity index (χ1n) is 7.02. The van der Waals surface area contributed by atoms with E-state index in [2.05, 4.69) is 0 Å². The van der Waals surface area contributed by atoms with Gasteiger partial charge < -0.3 is 14.7 Å². The zero-order valence-electron chi connectivity index (χ0n) is 12.3. The molecule has 1 unspecified atom stereocenters. The van der Waals surface area contributed by atoms with Gasteiger partial charge in [-0.1, -0.05) is 13.8 Å². The molecule has 0 aliphatic carbocycles. The molecule has 1 atom stereocenters. The van der Waals surface area contributed by atoms with Crippen molar-refractivity contribution in [3.05, 3.63) is 0 Å². The van der Waals surface area contributed by atoms with Gasteiger partial charge in [0.2, 0.25) is 5.91 Å². The first-order valence-corrected chi connectivity index (χ1v) is 7.02. The summed E-state index contributed by atoms with van der Waals surface area (Å²) in [5.41, 5.74) is -1.04. The molecule has 1 fully saturated rings. The van der Waals surface area contributed by atoms with Crippen molar-refractivity contribution in [1.29, 1.82) is 0 Å². The maximum atomic E-state index is 12.4. The van der Waals surface area contributed by atoms with E-state index in [1.54, 1.807) is 13.8 Å². The zero-order chi connectivity index (χ0) is 15.3. The summed E-state index contributed by atoms with van der Waals surface area (Å²) in [5.74, 6) is -1.65. The van der Waals surface area contributed by atoms with E-state index in [0.29, 0.717) is 25.8 Å². The zero-order valence-corrected chi connectivity index (χ0v) is 12.3.